The molecule has 0 spiro atoms. The van der Waals surface area contributed by atoms with Crippen LogP contribution in [0.5, 0.6) is 0 Å². The number of rotatable bonds is 7. The summed E-state index contributed by atoms with van der Waals surface area (Å²) in [6.45, 7) is 5.81. The Morgan fingerprint density at radius 3 is 2.13 bits per heavy atom. The van der Waals surface area contributed by atoms with Crippen LogP contribution in [0.2, 0.25) is 0 Å². The van der Waals surface area contributed by atoms with E-state index in [1.807, 2.05) is 37.3 Å². The van der Waals surface area contributed by atoms with E-state index in [1.165, 1.54) is 0 Å². The maximum absolute atomic E-state index is 12.6. The van der Waals surface area contributed by atoms with E-state index in [1.54, 1.807) is 30.3 Å². The molecule has 0 bridgehead atoms. The Morgan fingerprint density at radius 1 is 1.09 bits per heavy atom. The highest BCUT2D eigenvalue weighted by Crippen LogP contribution is 2.24. The Bertz CT molecular complexity index is 741. The third-order valence-electron chi connectivity index (χ3n) is 3.66. The second-order valence-corrected chi connectivity index (χ2v) is 7.26. The summed E-state index contributed by atoms with van der Waals surface area (Å²) in [5, 5.41) is 0. The molecule has 23 heavy (non-hydrogen) atoms. The fraction of sp³-hybridized carbons (Fsp3) is 0.222. The third-order valence-corrected chi connectivity index (χ3v) is 5.15. The highest BCUT2D eigenvalue weighted by Gasteiger charge is 2.22. The Morgan fingerprint density at radius 2 is 1.61 bits per heavy atom. The molecule has 2 aromatic carbocycles. The van der Waals surface area contributed by atoms with Crippen LogP contribution in [0.1, 0.15) is 24.9 Å². The van der Waals surface area contributed by atoms with Crippen LogP contribution in [0.15, 0.2) is 77.7 Å². The van der Waals surface area contributed by atoms with E-state index in [0.717, 1.165) is 11.1 Å². The molecule has 2 rings (SSSR count). The molecule has 0 unspecified atom stereocenters. The number of hydrogen-bond acceptors (Lipinski definition) is 3. The van der Waals surface area contributed by atoms with Crippen molar-refractivity contribution in [1.29, 1.82) is 0 Å². The van der Waals surface area contributed by atoms with Gasteiger partial charge in [0.2, 0.25) is 10.0 Å². The molecular formula is C18H22N2O2S. The van der Waals surface area contributed by atoms with E-state index in [2.05, 4.69) is 11.3 Å². The minimum Gasteiger partial charge on any atom is -0.324 e. The van der Waals surface area contributed by atoms with Crippen LogP contribution in [0, 0.1) is 0 Å². The summed E-state index contributed by atoms with van der Waals surface area (Å²) in [5.74, 6) is 0. The fourth-order valence-corrected chi connectivity index (χ4v) is 3.46. The van der Waals surface area contributed by atoms with Gasteiger partial charge in [-0.1, -0.05) is 60.7 Å². The normalized spacial score (nSPS) is 14.2. The molecule has 0 aliphatic heterocycles. The predicted octanol–water partition coefficient (Wildman–Crippen LogP) is 3.00. The first-order valence-corrected chi connectivity index (χ1v) is 8.94. The van der Waals surface area contributed by atoms with Crippen LogP contribution in [0.25, 0.3) is 0 Å². The molecule has 2 atom stereocenters. The van der Waals surface area contributed by atoms with E-state index in [9.17, 15) is 8.42 Å². The summed E-state index contributed by atoms with van der Waals surface area (Å²) >= 11 is 0. The molecule has 2 aromatic rings. The SMILES string of the molecule is C=C(C[C@H](NS(=O)(=O)c1ccccc1)c1ccccc1)[C@@H](C)N. The van der Waals surface area contributed by atoms with Gasteiger partial charge in [0.25, 0.3) is 0 Å². The lowest BCUT2D eigenvalue weighted by molar-refractivity contribution is 0.549. The van der Waals surface area contributed by atoms with Gasteiger partial charge in [0.15, 0.2) is 0 Å². The maximum Gasteiger partial charge on any atom is 0.241 e. The molecule has 0 aliphatic carbocycles. The van der Waals surface area contributed by atoms with Crippen molar-refractivity contribution >= 4 is 10.0 Å². The van der Waals surface area contributed by atoms with Crippen LogP contribution in [-0.4, -0.2) is 14.5 Å². The van der Waals surface area contributed by atoms with Crippen LogP contribution >= 0.6 is 0 Å². The van der Waals surface area contributed by atoms with Gasteiger partial charge >= 0.3 is 0 Å². The number of hydrogen-bond donors (Lipinski definition) is 2. The summed E-state index contributed by atoms with van der Waals surface area (Å²) in [6.07, 6.45) is 0.452. The van der Waals surface area contributed by atoms with E-state index in [-0.39, 0.29) is 10.9 Å². The molecule has 5 heteroatoms. The first-order chi connectivity index (χ1) is 10.9. The number of nitrogens with two attached hydrogens (primary N) is 1. The van der Waals surface area contributed by atoms with Crippen molar-refractivity contribution in [2.24, 2.45) is 5.73 Å². The Hall–Kier alpha value is -1.95. The second-order valence-electron chi connectivity index (χ2n) is 5.55. The highest BCUT2D eigenvalue weighted by atomic mass is 32.2. The van der Waals surface area contributed by atoms with Crippen molar-refractivity contribution < 1.29 is 8.42 Å². The molecule has 4 nitrogen and oxygen atoms in total. The molecule has 0 saturated heterocycles. The zero-order valence-corrected chi connectivity index (χ0v) is 14.0. The second kappa shape index (κ2) is 7.55. The molecule has 122 valence electrons. The molecule has 3 N–H and O–H groups in total. The van der Waals surface area contributed by atoms with Crippen molar-refractivity contribution in [2.75, 3.05) is 0 Å². The summed E-state index contributed by atoms with van der Waals surface area (Å²) in [6, 6.07) is 17.2. The van der Waals surface area contributed by atoms with Gasteiger partial charge in [-0.25, -0.2) is 13.1 Å². The smallest absolute Gasteiger partial charge is 0.241 e. The highest BCUT2D eigenvalue weighted by molar-refractivity contribution is 7.89. The topological polar surface area (TPSA) is 72.2 Å². The van der Waals surface area contributed by atoms with Gasteiger partial charge < -0.3 is 5.73 Å². The average Bonchev–Trinajstić information content (AvgIpc) is 2.55. The zero-order chi connectivity index (χ0) is 16.9. The Labute approximate surface area is 138 Å². The van der Waals surface area contributed by atoms with Crippen LogP contribution in [0.4, 0.5) is 0 Å². The van der Waals surface area contributed by atoms with Crippen molar-refractivity contribution in [3.05, 3.63) is 78.4 Å². The van der Waals surface area contributed by atoms with E-state index in [4.69, 9.17) is 5.73 Å². The van der Waals surface area contributed by atoms with E-state index < -0.39 is 16.1 Å². The molecule has 0 aromatic heterocycles. The molecule has 0 amide bonds. The van der Waals surface area contributed by atoms with Gasteiger partial charge in [-0.3, -0.25) is 0 Å². The van der Waals surface area contributed by atoms with Crippen molar-refractivity contribution in [3.63, 3.8) is 0 Å². The van der Waals surface area contributed by atoms with Gasteiger partial charge in [-0.2, -0.15) is 0 Å². The Kier molecular flexibility index (Phi) is 5.71. The van der Waals surface area contributed by atoms with E-state index >= 15 is 0 Å². The number of nitrogens with one attached hydrogen (secondary N) is 1. The van der Waals surface area contributed by atoms with Crippen LogP contribution in [0.3, 0.4) is 0 Å². The van der Waals surface area contributed by atoms with Gasteiger partial charge in [-0.15, -0.1) is 0 Å². The van der Waals surface area contributed by atoms with Crippen LogP contribution < -0.4 is 10.5 Å². The maximum atomic E-state index is 12.6. The molecular weight excluding hydrogens is 308 g/mol. The standard InChI is InChI=1S/C18H22N2O2S/c1-14(15(2)19)13-18(16-9-5-3-6-10-16)20-23(21,22)17-11-7-4-8-12-17/h3-12,15,18,20H,1,13,19H2,2H3/t15-,18+/m1/s1. The van der Waals surface area contributed by atoms with Gasteiger partial charge in [0.05, 0.1) is 10.9 Å². The zero-order valence-electron chi connectivity index (χ0n) is 13.1. The first kappa shape index (κ1) is 17.4. The lowest BCUT2D eigenvalue weighted by atomic mass is 9.97. The lowest BCUT2D eigenvalue weighted by Gasteiger charge is -2.22. The molecule has 0 saturated carbocycles. The minimum atomic E-state index is -3.61. The van der Waals surface area contributed by atoms with Gasteiger partial charge in [0.1, 0.15) is 0 Å². The van der Waals surface area contributed by atoms with Gasteiger partial charge in [-0.05, 0) is 31.0 Å². The van der Waals surface area contributed by atoms with Crippen molar-refractivity contribution in [2.45, 2.75) is 30.3 Å². The largest absolute Gasteiger partial charge is 0.324 e. The summed E-state index contributed by atoms with van der Waals surface area (Å²) in [7, 11) is -3.61. The molecule has 0 aliphatic rings. The average molecular weight is 330 g/mol. The number of benzene rings is 2. The first-order valence-electron chi connectivity index (χ1n) is 7.46. The predicted molar refractivity (Wildman–Crippen MR) is 93.4 cm³/mol. The summed E-state index contributed by atoms with van der Waals surface area (Å²) in [5.41, 5.74) is 7.54. The minimum absolute atomic E-state index is 0.192. The summed E-state index contributed by atoms with van der Waals surface area (Å²) < 4.78 is 28.0. The molecule has 0 heterocycles. The van der Waals surface area contributed by atoms with Gasteiger partial charge in [0, 0.05) is 6.04 Å². The van der Waals surface area contributed by atoms with E-state index in [0.29, 0.717) is 6.42 Å². The Balaban J connectivity index is 2.29. The summed E-state index contributed by atoms with van der Waals surface area (Å²) in [4.78, 5) is 0.243. The van der Waals surface area contributed by atoms with Crippen molar-refractivity contribution in [1.82, 2.24) is 4.72 Å². The number of sulfonamides is 1. The fourth-order valence-electron chi connectivity index (χ4n) is 2.22. The lowest BCUT2D eigenvalue weighted by Crippen LogP contribution is -2.30. The van der Waals surface area contributed by atoms with Crippen LogP contribution in [-0.2, 0) is 10.0 Å². The third kappa shape index (κ3) is 4.76. The van der Waals surface area contributed by atoms with Crippen molar-refractivity contribution in [3.8, 4) is 0 Å². The monoisotopic (exact) mass is 330 g/mol. The quantitative estimate of drug-likeness (QED) is 0.767. The molecule has 0 radical (unpaired) electrons. The molecule has 0 fully saturated rings.